The number of methoxy groups -OCH3 is 1. The first-order valence-electron chi connectivity index (χ1n) is 9.35. The second-order valence-electron chi connectivity index (χ2n) is 6.85. The maximum absolute atomic E-state index is 12.7. The highest BCUT2D eigenvalue weighted by Crippen LogP contribution is 2.29. The lowest BCUT2D eigenvalue weighted by molar-refractivity contribution is 0.0948. The highest BCUT2D eigenvalue weighted by atomic mass is 35.5. The summed E-state index contributed by atoms with van der Waals surface area (Å²) < 4.78 is 11.1. The second kappa shape index (κ2) is 8.49. The molecule has 3 aromatic rings. The minimum atomic E-state index is -0.248. The Kier molecular flexibility index (Phi) is 5.62. The Balaban J connectivity index is 1.65. The second-order valence-corrected chi connectivity index (χ2v) is 7.29. The van der Waals surface area contributed by atoms with Crippen LogP contribution in [0.25, 0.3) is 11.4 Å². The number of rotatable bonds is 7. The number of ether oxygens (including phenoxy) is 2. The SMILES string of the molecule is COc1ccc(-c2ncc(C(=O)NCC3CC3)c(Oc3ccc(Cl)cc3)n2)cc1. The molecule has 1 saturated carbocycles. The third-order valence-corrected chi connectivity index (χ3v) is 4.87. The zero-order valence-corrected chi connectivity index (χ0v) is 16.6. The lowest BCUT2D eigenvalue weighted by Gasteiger charge is -2.12. The van der Waals surface area contributed by atoms with E-state index in [1.807, 2.05) is 24.3 Å². The fourth-order valence-electron chi connectivity index (χ4n) is 2.75. The first-order chi connectivity index (χ1) is 14.1. The lowest BCUT2D eigenvalue weighted by Crippen LogP contribution is -2.26. The number of amides is 1. The minimum Gasteiger partial charge on any atom is -0.497 e. The van der Waals surface area contributed by atoms with Gasteiger partial charge < -0.3 is 14.8 Å². The van der Waals surface area contributed by atoms with Crippen LogP contribution in [0.4, 0.5) is 0 Å². The number of carbonyl (C=O) groups is 1. The van der Waals surface area contributed by atoms with Gasteiger partial charge in [-0.25, -0.2) is 4.98 Å². The zero-order chi connectivity index (χ0) is 20.2. The van der Waals surface area contributed by atoms with Gasteiger partial charge in [0.1, 0.15) is 17.1 Å². The number of halogens is 1. The Morgan fingerprint density at radius 1 is 1.10 bits per heavy atom. The molecule has 0 bridgehead atoms. The van der Waals surface area contributed by atoms with Crippen LogP contribution in [0.3, 0.4) is 0 Å². The first kappa shape index (κ1) is 19.2. The van der Waals surface area contributed by atoms with Gasteiger partial charge in [0.2, 0.25) is 5.88 Å². The van der Waals surface area contributed by atoms with Gasteiger partial charge in [0.05, 0.1) is 7.11 Å². The van der Waals surface area contributed by atoms with Gasteiger partial charge in [-0.2, -0.15) is 4.98 Å². The Labute approximate surface area is 173 Å². The molecule has 7 heteroatoms. The summed E-state index contributed by atoms with van der Waals surface area (Å²) in [7, 11) is 1.61. The molecule has 0 saturated heterocycles. The Morgan fingerprint density at radius 3 is 2.45 bits per heavy atom. The fourth-order valence-corrected chi connectivity index (χ4v) is 2.87. The van der Waals surface area contributed by atoms with Crippen molar-refractivity contribution < 1.29 is 14.3 Å². The van der Waals surface area contributed by atoms with Crippen LogP contribution < -0.4 is 14.8 Å². The standard InChI is InChI=1S/C22H20ClN3O3/c1-28-17-8-4-15(5-9-17)20-24-13-19(21(27)25-12-14-2-3-14)22(26-20)29-18-10-6-16(23)7-11-18/h4-11,13-14H,2-3,12H2,1H3,(H,25,27). The average Bonchev–Trinajstić information content (AvgIpc) is 3.58. The van der Waals surface area contributed by atoms with Gasteiger partial charge in [-0.15, -0.1) is 0 Å². The van der Waals surface area contributed by atoms with Crippen molar-refractivity contribution in [3.05, 3.63) is 65.3 Å². The minimum absolute atomic E-state index is 0.196. The number of nitrogens with one attached hydrogen (secondary N) is 1. The number of nitrogens with zero attached hydrogens (tertiary/aromatic N) is 2. The van der Waals surface area contributed by atoms with Gasteiger partial charge >= 0.3 is 0 Å². The molecule has 1 aromatic heterocycles. The average molecular weight is 410 g/mol. The molecule has 0 aliphatic heterocycles. The smallest absolute Gasteiger partial charge is 0.258 e. The number of aromatic nitrogens is 2. The van der Waals surface area contributed by atoms with E-state index < -0.39 is 0 Å². The van der Waals surface area contributed by atoms with Gasteiger partial charge in [-0.05, 0) is 67.3 Å². The summed E-state index contributed by atoms with van der Waals surface area (Å²) in [5, 5.41) is 3.53. The third kappa shape index (κ3) is 4.84. The highest BCUT2D eigenvalue weighted by Gasteiger charge is 2.24. The van der Waals surface area contributed by atoms with Crippen molar-refractivity contribution in [2.45, 2.75) is 12.8 Å². The molecule has 0 radical (unpaired) electrons. The van der Waals surface area contributed by atoms with Crippen molar-refractivity contribution in [3.63, 3.8) is 0 Å². The maximum Gasteiger partial charge on any atom is 0.258 e. The molecule has 1 heterocycles. The Hall–Kier alpha value is -3.12. The van der Waals surface area contributed by atoms with Gasteiger partial charge in [-0.3, -0.25) is 4.79 Å². The molecule has 6 nitrogen and oxygen atoms in total. The summed E-state index contributed by atoms with van der Waals surface area (Å²) >= 11 is 5.95. The van der Waals surface area contributed by atoms with Crippen molar-refractivity contribution in [1.29, 1.82) is 0 Å². The molecule has 2 aromatic carbocycles. The van der Waals surface area contributed by atoms with Crippen molar-refractivity contribution in [2.75, 3.05) is 13.7 Å². The fraction of sp³-hybridized carbons (Fsp3) is 0.227. The number of hydrogen-bond acceptors (Lipinski definition) is 5. The van der Waals surface area contributed by atoms with E-state index in [0.29, 0.717) is 29.1 Å². The zero-order valence-electron chi connectivity index (χ0n) is 15.9. The molecular formula is C22H20ClN3O3. The van der Waals surface area contributed by atoms with Gasteiger partial charge in [0.25, 0.3) is 5.91 Å². The van der Waals surface area contributed by atoms with Crippen LogP contribution in [-0.2, 0) is 0 Å². The molecular weight excluding hydrogens is 390 g/mol. The van der Waals surface area contributed by atoms with Crippen molar-refractivity contribution in [1.82, 2.24) is 15.3 Å². The van der Waals surface area contributed by atoms with Crippen LogP contribution in [0.2, 0.25) is 5.02 Å². The molecule has 0 atom stereocenters. The Bertz CT molecular complexity index is 1000. The molecule has 4 rings (SSSR count). The molecule has 29 heavy (non-hydrogen) atoms. The molecule has 1 fully saturated rings. The summed E-state index contributed by atoms with van der Waals surface area (Å²) in [5.41, 5.74) is 1.08. The number of carbonyl (C=O) groups excluding carboxylic acids is 1. The molecule has 0 unspecified atom stereocenters. The molecule has 1 aliphatic carbocycles. The van der Waals surface area contributed by atoms with Crippen LogP contribution in [-0.4, -0.2) is 29.5 Å². The summed E-state index contributed by atoms with van der Waals surface area (Å²) in [6.45, 7) is 0.652. The van der Waals surface area contributed by atoms with Crippen LogP contribution in [0.15, 0.2) is 54.7 Å². The van der Waals surface area contributed by atoms with Crippen LogP contribution in [0.5, 0.6) is 17.4 Å². The summed E-state index contributed by atoms with van der Waals surface area (Å²) in [5.74, 6) is 2.24. The predicted octanol–water partition coefficient (Wildman–Crippen LogP) is 4.74. The van der Waals surface area contributed by atoms with Crippen LogP contribution >= 0.6 is 11.6 Å². The topological polar surface area (TPSA) is 73.3 Å². The molecule has 1 aliphatic rings. The third-order valence-electron chi connectivity index (χ3n) is 4.62. The molecule has 0 spiro atoms. The van der Waals surface area contributed by atoms with E-state index in [4.69, 9.17) is 21.1 Å². The normalized spacial score (nSPS) is 13.0. The van der Waals surface area contributed by atoms with Crippen molar-refractivity contribution in [3.8, 4) is 28.8 Å². The molecule has 1 N–H and O–H groups in total. The monoisotopic (exact) mass is 409 g/mol. The largest absolute Gasteiger partial charge is 0.497 e. The summed E-state index contributed by atoms with van der Waals surface area (Å²) in [4.78, 5) is 21.5. The van der Waals surface area contributed by atoms with E-state index in [9.17, 15) is 4.79 Å². The van der Waals surface area contributed by atoms with Crippen LogP contribution in [0.1, 0.15) is 23.2 Å². The van der Waals surface area contributed by atoms with Crippen molar-refractivity contribution in [2.24, 2.45) is 5.92 Å². The number of benzene rings is 2. The van der Waals surface area contributed by atoms with E-state index >= 15 is 0 Å². The Morgan fingerprint density at radius 2 is 1.79 bits per heavy atom. The van der Waals surface area contributed by atoms with E-state index in [1.54, 1.807) is 31.4 Å². The predicted molar refractivity (Wildman–Crippen MR) is 111 cm³/mol. The van der Waals surface area contributed by atoms with Crippen LogP contribution in [0, 0.1) is 5.92 Å². The summed E-state index contributed by atoms with van der Waals surface area (Å²) in [6, 6.07) is 14.3. The van der Waals surface area contributed by atoms with Crippen molar-refractivity contribution >= 4 is 17.5 Å². The lowest BCUT2D eigenvalue weighted by atomic mass is 10.2. The van der Waals surface area contributed by atoms with Gasteiger partial charge in [0, 0.05) is 23.3 Å². The van der Waals surface area contributed by atoms with E-state index in [2.05, 4.69) is 15.3 Å². The quantitative estimate of drug-likeness (QED) is 0.610. The van der Waals surface area contributed by atoms with E-state index in [1.165, 1.54) is 6.20 Å². The molecule has 148 valence electrons. The maximum atomic E-state index is 12.7. The van der Waals surface area contributed by atoms with Gasteiger partial charge in [0.15, 0.2) is 5.82 Å². The van der Waals surface area contributed by atoms with E-state index in [0.717, 1.165) is 24.2 Å². The summed E-state index contributed by atoms with van der Waals surface area (Å²) in [6.07, 6.45) is 3.81. The van der Waals surface area contributed by atoms with Gasteiger partial charge in [-0.1, -0.05) is 11.6 Å². The van der Waals surface area contributed by atoms with E-state index in [-0.39, 0.29) is 17.4 Å². The molecule has 1 amide bonds. The first-order valence-corrected chi connectivity index (χ1v) is 9.73. The highest BCUT2D eigenvalue weighted by molar-refractivity contribution is 6.30. The number of hydrogen-bond donors (Lipinski definition) is 1.